The maximum Gasteiger partial charge on any atom is 0.217 e. The monoisotopic (exact) mass is 1080 g/mol. The molecule has 4 heteroatoms. The van der Waals surface area contributed by atoms with E-state index < -0.39 is 0 Å². The van der Waals surface area contributed by atoms with Crippen LogP contribution in [-0.4, -0.2) is 48.8 Å². The molecule has 4 aliphatic rings. The molecule has 0 fully saturated rings. The van der Waals surface area contributed by atoms with Crippen molar-refractivity contribution in [1.29, 1.82) is 0 Å². The lowest BCUT2D eigenvalue weighted by molar-refractivity contribution is -0.400. The third kappa shape index (κ3) is 8.15. The molecule has 0 aromatic heterocycles. The van der Waals surface area contributed by atoms with Gasteiger partial charge < -0.3 is 9.80 Å². The number of fused-ring (bicyclic) bond motifs is 12. The number of rotatable bonds is 10. The summed E-state index contributed by atoms with van der Waals surface area (Å²) < 4.78 is 4.84. The maximum absolute atomic E-state index is 2.47. The SMILES string of the molecule is CN1C(=CC=CC2=[N+](C)c3c(ccc4ccccc34)C2(C)C)C(C)(Cc2ccc(Cc3ccc(CC4(C)C(=CC=CC5=[N+](C)c6c(ccc7ccccc67)C5(C)C)N(C)c5ccc6ccccc6c54)cc3)cc2)c2c1ccc1ccccc21. The second-order valence-electron chi connectivity index (χ2n) is 25.6. The highest BCUT2D eigenvalue weighted by atomic mass is 15.2. The maximum atomic E-state index is 2.47. The molecule has 10 aromatic rings. The van der Waals surface area contributed by atoms with Crippen molar-refractivity contribution in [3.8, 4) is 0 Å². The molecule has 0 radical (unpaired) electrons. The second-order valence-corrected chi connectivity index (χ2v) is 25.6. The zero-order valence-corrected chi connectivity index (χ0v) is 49.8. The largest absolute Gasteiger partial charge is 0.347 e. The molecule has 83 heavy (non-hydrogen) atoms. The first-order valence-electron chi connectivity index (χ1n) is 29.8. The van der Waals surface area contributed by atoms with Crippen molar-refractivity contribution in [3.05, 3.63) is 286 Å². The molecule has 2 unspecified atom stereocenters. The van der Waals surface area contributed by atoms with Crippen molar-refractivity contribution < 1.29 is 9.15 Å². The minimum Gasteiger partial charge on any atom is -0.347 e. The summed E-state index contributed by atoms with van der Waals surface area (Å²) in [5.74, 6) is 0. The summed E-state index contributed by atoms with van der Waals surface area (Å²) in [6, 6.07) is 72.8. The van der Waals surface area contributed by atoms with Crippen LogP contribution in [0.25, 0.3) is 43.1 Å². The van der Waals surface area contributed by atoms with E-state index in [-0.39, 0.29) is 21.7 Å². The zero-order valence-electron chi connectivity index (χ0n) is 49.8. The summed E-state index contributed by atoms with van der Waals surface area (Å²) in [5.41, 5.74) is 20.4. The number of likely N-dealkylation sites (N-methyl/N-ethyl adjacent to an activating group) is 2. The zero-order chi connectivity index (χ0) is 57.2. The number of anilines is 2. The molecular weight excluding hydrogens is 1000 g/mol. The van der Waals surface area contributed by atoms with Gasteiger partial charge in [-0.25, -0.2) is 0 Å². The van der Waals surface area contributed by atoms with Gasteiger partial charge >= 0.3 is 0 Å². The topological polar surface area (TPSA) is 12.5 Å². The lowest BCUT2D eigenvalue weighted by atomic mass is 9.74. The van der Waals surface area contributed by atoms with Gasteiger partial charge in [-0.05, 0) is 163 Å². The average Bonchev–Trinajstić information content (AvgIpc) is 2.37. The van der Waals surface area contributed by atoms with Gasteiger partial charge in [0.05, 0.1) is 21.6 Å². The summed E-state index contributed by atoms with van der Waals surface area (Å²) in [6.45, 7) is 14.4. The van der Waals surface area contributed by atoms with Crippen molar-refractivity contribution in [2.24, 2.45) is 0 Å². The fourth-order valence-electron chi connectivity index (χ4n) is 15.7. The molecule has 0 aliphatic carbocycles. The lowest BCUT2D eigenvalue weighted by Gasteiger charge is -2.30. The first-order valence-corrected chi connectivity index (χ1v) is 29.8. The highest BCUT2D eigenvalue weighted by molar-refractivity contribution is 6.09. The first-order chi connectivity index (χ1) is 40.1. The quantitative estimate of drug-likeness (QED) is 0.127. The fourth-order valence-corrected chi connectivity index (χ4v) is 15.7. The van der Waals surface area contributed by atoms with Gasteiger partial charge in [0.25, 0.3) is 0 Å². The molecule has 0 saturated heterocycles. The summed E-state index contributed by atoms with van der Waals surface area (Å²) in [5, 5.41) is 10.4. The van der Waals surface area contributed by atoms with Crippen molar-refractivity contribution >= 4 is 77.3 Å². The van der Waals surface area contributed by atoms with Gasteiger partial charge in [0, 0.05) is 71.0 Å². The van der Waals surface area contributed by atoms with E-state index in [9.17, 15) is 0 Å². The minimum absolute atomic E-state index is 0.139. The molecular formula is C79H74N4+2. The van der Waals surface area contributed by atoms with Gasteiger partial charge in [0.2, 0.25) is 11.4 Å². The van der Waals surface area contributed by atoms with Crippen LogP contribution in [0.15, 0.2) is 242 Å². The Bertz CT molecular complexity index is 4250. The summed E-state index contributed by atoms with van der Waals surface area (Å²) >= 11 is 0. The predicted octanol–water partition coefficient (Wildman–Crippen LogP) is 18.1. The Labute approximate surface area is 490 Å². The van der Waals surface area contributed by atoms with Crippen LogP contribution in [-0.2, 0) is 40.9 Å². The molecule has 4 heterocycles. The van der Waals surface area contributed by atoms with E-state index in [1.165, 1.54) is 133 Å². The van der Waals surface area contributed by atoms with Crippen LogP contribution < -0.4 is 9.80 Å². The Balaban J connectivity index is 0.738. The Morgan fingerprint density at radius 1 is 0.373 bits per heavy atom. The third-order valence-corrected chi connectivity index (χ3v) is 19.9. The van der Waals surface area contributed by atoms with Crippen LogP contribution >= 0.6 is 0 Å². The van der Waals surface area contributed by atoms with Crippen LogP contribution in [0.3, 0.4) is 0 Å². The fraction of sp³-hybridized carbons (Fsp3) is 0.215. The Morgan fingerprint density at radius 2 is 0.699 bits per heavy atom. The molecule has 2 atom stereocenters. The number of allylic oxidation sites excluding steroid dienone is 8. The van der Waals surface area contributed by atoms with Crippen molar-refractivity contribution in [3.63, 3.8) is 0 Å². The number of benzene rings is 10. The van der Waals surface area contributed by atoms with Gasteiger partial charge in [0.15, 0.2) is 11.4 Å². The van der Waals surface area contributed by atoms with E-state index in [4.69, 9.17) is 0 Å². The van der Waals surface area contributed by atoms with Crippen LogP contribution in [0.5, 0.6) is 0 Å². The molecule has 0 spiro atoms. The Morgan fingerprint density at radius 3 is 1.08 bits per heavy atom. The molecule has 0 bridgehead atoms. The van der Waals surface area contributed by atoms with Crippen molar-refractivity contribution in [1.82, 2.24) is 0 Å². The molecule has 14 rings (SSSR count). The van der Waals surface area contributed by atoms with Crippen LogP contribution in [0.1, 0.15) is 86.1 Å². The molecule has 10 aromatic carbocycles. The van der Waals surface area contributed by atoms with Gasteiger partial charge in [-0.3, -0.25) is 0 Å². The van der Waals surface area contributed by atoms with Crippen LogP contribution in [0.2, 0.25) is 0 Å². The third-order valence-electron chi connectivity index (χ3n) is 19.9. The van der Waals surface area contributed by atoms with E-state index in [1.807, 2.05) is 0 Å². The summed E-state index contributed by atoms with van der Waals surface area (Å²) in [7, 11) is 8.98. The van der Waals surface area contributed by atoms with Crippen LogP contribution in [0.4, 0.5) is 22.7 Å². The lowest BCUT2D eigenvalue weighted by Crippen LogP contribution is -2.29. The number of hydrogen-bond acceptors (Lipinski definition) is 2. The van der Waals surface area contributed by atoms with Gasteiger partial charge in [-0.15, -0.1) is 0 Å². The van der Waals surface area contributed by atoms with Gasteiger partial charge in [-0.1, -0.05) is 182 Å². The molecule has 0 N–H and O–H groups in total. The summed E-state index contributed by atoms with van der Waals surface area (Å²) in [4.78, 5) is 4.88. The molecule has 4 aliphatic heterocycles. The molecule has 408 valence electrons. The minimum atomic E-state index is -0.276. The van der Waals surface area contributed by atoms with E-state index in [2.05, 4.69) is 319 Å². The summed E-state index contributed by atoms with van der Waals surface area (Å²) in [6.07, 6.45) is 16.8. The van der Waals surface area contributed by atoms with E-state index in [1.54, 1.807) is 0 Å². The molecule has 0 amide bonds. The Hall–Kier alpha value is -8.86. The average molecular weight is 1080 g/mol. The second kappa shape index (κ2) is 19.4. The van der Waals surface area contributed by atoms with Crippen molar-refractivity contribution in [2.45, 2.75) is 82.5 Å². The van der Waals surface area contributed by atoms with Crippen LogP contribution in [0, 0.1) is 0 Å². The normalized spacial score (nSPS) is 20.7. The van der Waals surface area contributed by atoms with E-state index in [0.717, 1.165) is 19.3 Å². The van der Waals surface area contributed by atoms with Gasteiger partial charge in [0.1, 0.15) is 14.1 Å². The van der Waals surface area contributed by atoms with E-state index in [0.29, 0.717) is 0 Å². The van der Waals surface area contributed by atoms with Crippen molar-refractivity contribution in [2.75, 3.05) is 38.0 Å². The smallest absolute Gasteiger partial charge is 0.217 e. The Kier molecular flexibility index (Phi) is 12.2. The standard InChI is InChI=1S/C79H74N4/c1-76(2)64-45-41-58-23-13-17-27-62(58)74(64)82(9)68(76)29-19-31-70-78(5,72-60-25-15-11-21-56(60)43-47-66(72)80(70)7)50-54-37-33-52(34-38-54)49-53-35-39-55(40-36-53)51-79(6)71(81(8)67-48-44-57-22-12-16-26-61(57)73(67)79)32-20-30-69-77(3,4)65-46-42-59-24-14-18-28-63(59)75(65)83(69)10/h11-48H,49-51H2,1-10H3/q+2. The number of hydrogen-bond donors (Lipinski definition) is 0. The van der Waals surface area contributed by atoms with Gasteiger partial charge in [-0.2, -0.15) is 9.15 Å². The number of nitrogens with zero attached hydrogens (tertiary/aromatic N) is 4. The molecule has 0 saturated carbocycles. The predicted molar refractivity (Wildman–Crippen MR) is 353 cm³/mol. The first kappa shape index (κ1) is 52.2. The highest BCUT2D eigenvalue weighted by Crippen LogP contribution is 2.54. The highest BCUT2D eigenvalue weighted by Gasteiger charge is 2.48. The molecule has 4 nitrogen and oxygen atoms in total. The van der Waals surface area contributed by atoms with E-state index >= 15 is 0 Å².